The van der Waals surface area contributed by atoms with E-state index in [1.165, 1.54) is 12.3 Å². The Morgan fingerprint density at radius 1 is 1.00 bits per heavy atom. The fraction of sp³-hybridized carbons (Fsp3) is 0.294. The Kier molecular flexibility index (Phi) is 9.24. The Labute approximate surface area is 271 Å². The van der Waals surface area contributed by atoms with E-state index < -0.39 is 23.3 Å². The molecule has 0 spiro atoms. The smallest absolute Gasteiger partial charge is 0.257 e. The van der Waals surface area contributed by atoms with E-state index in [1.807, 2.05) is 65.9 Å². The number of nitrogens with zero attached hydrogens (tertiary/aromatic N) is 5. The summed E-state index contributed by atoms with van der Waals surface area (Å²) in [4.78, 5) is 39.8. The quantitative estimate of drug-likeness (QED) is 0.207. The fourth-order valence-corrected chi connectivity index (χ4v) is 5.26. The number of aryl methyl sites for hydroxylation is 1. The topological polar surface area (TPSA) is 137 Å². The summed E-state index contributed by atoms with van der Waals surface area (Å²) < 4.78 is 8.60. The van der Waals surface area contributed by atoms with Gasteiger partial charge in [-0.2, -0.15) is 0 Å². The molecule has 2 N–H and O–H groups in total. The van der Waals surface area contributed by atoms with Crippen molar-refractivity contribution in [3.8, 4) is 22.5 Å². The molecule has 2 amide bonds. The number of hydrogen-bond donors (Lipinski definition) is 2. The van der Waals surface area contributed by atoms with Crippen LogP contribution in [0.5, 0.6) is 0 Å². The van der Waals surface area contributed by atoms with Crippen molar-refractivity contribution in [1.82, 2.24) is 29.8 Å². The van der Waals surface area contributed by atoms with Gasteiger partial charge in [0.25, 0.3) is 11.5 Å². The van der Waals surface area contributed by atoms with E-state index in [0.29, 0.717) is 27.8 Å². The molecule has 1 unspecified atom stereocenters. The minimum absolute atomic E-state index is 0.0210. The van der Waals surface area contributed by atoms with Crippen LogP contribution in [0.2, 0.25) is 5.02 Å². The summed E-state index contributed by atoms with van der Waals surface area (Å²) in [6.45, 7) is 9.64. The molecule has 46 heavy (non-hydrogen) atoms. The second kappa shape index (κ2) is 13.1. The van der Waals surface area contributed by atoms with Gasteiger partial charge in [0.15, 0.2) is 5.82 Å². The SMILES string of the molecule is CC(C)n1cc(-c2ccc(Cl)c(CC(NC(=O)c3conc3C(C)(C)C)C(=O)Nc3ccc(-c4nncn4C)cc3)c2)ccc1=O. The van der Waals surface area contributed by atoms with Gasteiger partial charge in [0.1, 0.15) is 29.9 Å². The lowest BCUT2D eigenvalue weighted by Crippen LogP contribution is -2.45. The number of benzene rings is 2. The molecular formula is C34H36ClN7O4. The normalized spacial score (nSPS) is 12.3. The van der Waals surface area contributed by atoms with E-state index >= 15 is 0 Å². The minimum Gasteiger partial charge on any atom is -0.364 e. The number of halogens is 1. The Morgan fingerprint density at radius 3 is 2.35 bits per heavy atom. The van der Waals surface area contributed by atoms with Crippen LogP contribution in [0.15, 0.2) is 82.7 Å². The molecule has 0 saturated heterocycles. The first kappa shape index (κ1) is 32.4. The second-order valence-corrected chi connectivity index (χ2v) is 12.9. The molecule has 11 nitrogen and oxygen atoms in total. The van der Waals surface area contributed by atoms with Gasteiger partial charge in [-0.3, -0.25) is 14.4 Å². The third kappa shape index (κ3) is 7.10. The van der Waals surface area contributed by atoms with Crippen LogP contribution in [-0.4, -0.2) is 42.3 Å². The first-order chi connectivity index (χ1) is 21.8. The molecule has 0 fully saturated rings. The highest BCUT2D eigenvalue weighted by molar-refractivity contribution is 6.31. The molecule has 5 aromatic rings. The monoisotopic (exact) mass is 641 g/mol. The highest BCUT2D eigenvalue weighted by Crippen LogP contribution is 2.28. The van der Waals surface area contributed by atoms with Gasteiger partial charge in [-0.05, 0) is 73.0 Å². The van der Waals surface area contributed by atoms with E-state index in [0.717, 1.165) is 16.7 Å². The molecule has 0 radical (unpaired) electrons. The number of hydrogen-bond acceptors (Lipinski definition) is 7. The summed E-state index contributed by atoms with van der Waals surface area (Å²) in [6, 6.07) is 14.9. The summed E-state index contributed by atoms with van der Waals surface area (Å²) in [5, 5.41) is 18.3. The van der Waals surface area contributed by atoms with Crippen molar-refractivity contribution in [3.05, 3.63) is 106 Å². The number of carbonyl (C=O) groups excluding carboxylic acids is 2. The van der Waals surface area contributed by atoms with Crippen molar-refractivity contribution >= 4 is 29.1 Å². The average molecular weight is 642 g/mol. The standard InChI is InChI=1S/C34H36ClN7O4/c1-20(2)42-17-23(10-14-29(42)43)22-9-13-27(35)24(15-22)16-28(38-32(44)26-18-46-40-30(26)34(3,4)5)33(45)37-25-11-7-21(8-12-25)31-39-36-19-41(31)6/h7-15,17-20,28H,16H2,1-6H3,(H,37,45)(H,38,44). The fourth-order valence-electron chi connectivity index (χ4n) is 5.07. The third-order valence-corrected chi connectivity index (χ3v) is 7.93. The molecular weight excluding hydrogens is 606 g/mol. The zero-order valence-corrected chi connectivity index (χ0v) is 27.3. The van der Waals surface area contributed by atoms with Crippen LogP contribution in [0.25, 0.3) is 22.5 Å². The van der Waals surface area contributed by atoms with Crippen molar-refractivity contribution in [2.45, 2.75) is 58.5 Å². The molecule has 0 saturated carbocycles. The molecule has 3 aromatic heterocycles. The number of aromatic nitrogens is 5. The minimum atomic E-state index is -1.02. The molecule has 0 aliphatic heterocycles. The largest absolute Gasteiger partial charge is 0.364 e. The van der Waals surface area contributed by atoms with Crippen LogP contribution in [-0.2, 0) is 23.7 Å². The Balaban J connectivity index is 1.45. The first-order valence-electron chi connectivity index (χ1n) is 14.8. The number of nitrogens with one attached hydrogen (secondary N) is 2. The van der Waals surface area contributed by atoms with Gasteiger partial charge in [-0.25, -0.2) is 0 Å². The lowest BCUT2D eigenvalue weighted by molar-refractivity contribution is -0.118. The molecule has 0 bridgehead atoms. The van der Waals surface area contributed by atoms with Gasteiger partial charge >= 0.3 is 0 Å². The zero-order chi connectivity index (χ0) is 33.2. The van der Waals surface area contributed by atoms with Gasteiger partial charge < -0.3 is 24.3 Å². The van der Waals surface area contributed by atoms with Crippen molar-refractivity contribution < 1.29 is 14.1 Å². The summed E-state index contributed by atoms with van der Waals surface area (Å²) in [5.74, 6) is -0.256. The first-order valence-corrected chi connectivity index (χ1v) is 15.2. The van der Waals surface area contributed by atoms with E-state index in [4.69, 9.17) is 16.1 Å². The lowest BCUT2D eigenvalue weighted by Gasteiger charge is -2.21. The zero-order valence-electron chi connectivity index (χ0n) is 26.5. The number of anilines is 1. The molecule has 2 aromatic carbocycles. The van der Waals surface area contributed by atoms with Crippen molar-refractivity contribution in [2.75, 3.05) is 5.32 Å². The Hall–Kier alpha value is -5.03. The van der Waals surface area contributed by atoms with E-state index in [-0.39, 0.29) is 23.6 Å². The van der Waals surface area contributed by atoms with E-state index in [9.17, 15) is 14.4 Å². The molecule has 12 heteroatoms. The van der Waals surface area contributed by atoms with E-state index in [1.54, 1.807) is 45.9 Å². The highest BCUT2D eigenvalue weighted by Gasteiger charge is 2.30. The van der Waals surface area contributed by atoms with Gasteiger partial charge in [0.2, 0.25) is 5.91 Å². The van der Waals surface area contributed by atoms with Gasteiger partial charge in [-0.1, -0.05) is 43.6 Å². The maximum atomic E-state index is 13.8. The van der Waals surface area contributed by atoms with Gasteiger partial charge in [-0.15, -0.1) is 10.2 Å². The third-order valence-electron chi connectivity index (χ3n) is 7.57. The Morgan fingerprint density at radius 2 is 1.70 bits per heavy atom. The van der Waals surface area contributed by atoms with Crippen LogP contribution < -0.4 is 16.2 Å². The molecule has 5 rings (SSSR count). The number of rotatable bonds is 9. The molecule has 0 aliphatic rings. The molecule has 3 heterocycles. The number of pyridine rings is 1. The molecule has 238 valence electrons. The van der Waals surface area contributed by atoms with Gasteiger partial charge in [0.05, 0.1) is 0 Å². The van der Waals surface area contributed by atoms with Crippen LogP contribution >= 0.6 is 11.6 Å². The van der Waals surface area contributed by atoms with Crippen LogP contribution in [0.4, 0.5) is 5.69 Å². The molecule has 1 atom stereocenters. The second-order valence-electron chi connectivity index (χ2n) is 12.5. The van der Waals surface area contributed by atoms with Gasteiger partial charge in [0, 0.05) is 53.5 Å². The number of carbonyl (C=O) groups is 2. The van der Waals surface area contributed by atoms with Crippen LogP contribution in [0, 0.1) is 0 Å². The van der Waals surface area contributed by atoms with E-state index in [2.05, 4.69) is 26.0 Å². The summed E-state index contributed by atoms with van der Waals surface area (Å²) in [5.41, 5.74) is 3.79. The number of amides is 2. The Bertz CT molecular complexity index is 1930. The maximum absolute atomic E-state index is 13.8. The van der Waals surface area contributed by atoms with Crippen molar-refractivity contribution in [1.29, 1.82) is 0 Å². The van der Waals surface area contributed by atoms with Crippen molar-refractivity contribution in [3.63, 3.8) is 0 Å². The highest BCUT2D eigenvalue weighted by atomic mass is 35.5. The summed E-state index contributed by atoms with van der Waals surface area (Å²) >= 11 is 6.66. The molecule has 0 aliphatic carbocycles. The lowest BCUT2D eigenvalue weighted by atomic mass is 9.89. The summed E-state index contributed by atoms with van der Waals surface area (Å²) in [7, 11) is 1.85. The van der Waals surface area contributed by atoms with Crippen LogP contribution in [0.1, 0.15) is 62.3 Å². The maximum Gasteiger partial charge on any atom is 0.257 e. The van der Waals surface area contributed by atoms with Crippen LogP contribution in [0.3, 0.4) is 0 Å². The predicted octanol–water partition coefficient (Wildman–Crippen LogP) is 5.81. The predicted molar refractivity (Wildman–Crippen MR) is 177 cm³/mol. The average Bonchev–Trinajstić information content (AvgIpc) is 3.68. The van der Waals surface area contributed by atoms with Crippen molar-refractivity contribution in [2.24, 2.45) is 7.05 Å². The summed E-state index contributed by atoms with van der Waals surface area (Å²) in [6.07, 6.45) is 4.78.